The van der Waals surface area contributed by atoms with Gasteiger partial charge in [0.15, 0.2) is 16.6 Å². The van der Waals surface area contributed by atoms with Crippen LogP contribution in [0.5, 0.6) is 0 Å². The molecule has 0 aliphatic heterocycles. The molecule has 1 aliphatic rings. The van der Waals surface area contributed by atoms with E-state index in [0.717, 1.165) is 13.0 Å². The number of allylic oxidation sites excluding steroid dienone is 4. The molecule has 0 saturated heterocycles. The third-order valence-corrected chi connectivity index (χ3v) is 17.8. The van der Waals surface area contributed by atoms with Crippen molar-refractivity contribution in [1.29, 1.82) is 0 Å². The van der Waals surface area contributed by atoms with Crippen molar-refractivity contribution in [2.75, 3.05) is 6.61 Å². The predicted octanol–water partition coefficient (Wildman–Crippen LogP) is 10.3. The number of hydrogen-bond acceptors (Lipinski definition) is 2. The van der Waals surface area contributed by atoms with Gasteiger partial charge in [0.1, 0.15) is 0 Å². The highest BCUT2D eigenvalue weighted by Crippen LogP contribution is 2.41. The van der Waals surface area contributed by atoms with Crippen LogP contribution in [0.15, 0.2) is 24.3 Å². The average molecular weight is 509 g/mol. The Morgan fingerprint density at radius 3 is 1.97 bits per heavy atom. The number of hydrogen-bond donors (Lipinski definition) is 0. The molecule has 0 radical (unpaired) electrons. The molecule has 0 fully saturated rings. The average Bonchev–Trinajstić information content (AvgIpc) is 3.16. The zero-order valence-corrected chi connectivity index (χ0v) is 26.9. The topological polar surface area (TPSA) is 18.5 Å². The summed E-state index contributed by atoms with van der Waals surface area (Å²) < 4.78 is 13.2. The van der Waals surface area contributed by atoms with Gasteiger partial charge in [0, 0.05) is 18.6 Å². The summed E-state index contributed by atoms with van der Waals surface area (Å²) in [7, 11) is -3.29. The van der Waals surface area contributed by atoms with E-state index in [1.165, 1.54) is 51.4 Å². The molecular formula is C30H60O2Si2. The maximum absolute atomic E-state index is 6.86. The van der Waals surface area contributed by atoms with Crippen LogP contribution in [-0.2, 0) is 8.85 Å². The van der Waals surface area contributed by atoms with Crippen molar-refractivity contribution in [1.82, 2.24) is 0 Å². The van der Waals surface area contributed by atoms with E-state index in [9.17, 15) is 0 Å². The van der Waals surface area contributed by atoms with Crippen LogP contribution in [0.25, 0.3) is 0 Å². The Kier molecular flexibility index (Phi) is 13.1. The Bertz CT molecular complexity index is 623. The lowest BCUT2D eigenvalue weighted by Gasteiger charge is -2.41. The fourth-order valence-electron chi connectivity index (χ4n) is 4.20. The molecule has 34 heavy (non-hydrogen) atoms. The zero-order valence-electron chi connectivity index (χ0n) is 24.9. The van der Waals surface area contributed by atoms with Gasteiger partial charge in [-0.3, -0.25) is 0 Å². The van der Waals surface area contributed by atoms with Gasteiger partial charge >= 0.3 is 0 Å². The molecule has 0 spiro atoms. The molecule has 0 unspecified atom stereocenters. The van der Waals surface area contributed by atoms with Crippen LogP contribution in [0.3, 0.4) is 0 Å². The molecule has 0 bridgehead atoms. The largest absolute Gasteiger partial charge is 0.417 e. The highest BCUT2D eigenvalue weighted by Gasteiger charge is 2.41. The van der Waals surface area contributed by atoms with Crippen LogP contribution in [0.1, 0.15) is 106 Å². The molecule has 1 rings (SSSR count). The Morgan fingerprint density at radius 2 is 1.41 bits per heavy atom. The van der Waals surface area contributed by atoms with Crippen LogP contribution < -0.4 is 0 Å². The van der Waals surface area contributed by atoms with Crippen LogP contribution in [-0.4, -0.2) is 29.3 Å². The predicted molar refractivity (Wildman–Crippen MR) is 158 cm³/mol. The second-order valence-corrected chi connectivity index (χ2v) is 23.2. The molecule has 3 atom stereocenters. The second-order valence-electron chi connectivity index (χ2n) is 13.7. The number of unbranched alkanes of at least 4 members (excludes halogenated alkanes) is 6. The lowest BCUT2D eigenvalue weighted by atomic mass is 9.88. The van der Waals surface area contributed by atoms with E-state index in [4.69, 9.17) is 8.85 Å². The van der Waals surface area contributed by atoms with Crippen LogP contribution in [0, 0.1) is 11.8 Å². The van der Waals surface area contributed by atoms with Crippen LogP contribution >= 0.6 is 0 Å². The van der Waals surface area contributed by atoms with Gasteiger partial charge in [0.25, 0.3) is 0 Å². The van der Waals surface area contributed by atoms with Crippen LogP contribution in [0.4, 0.5) is 0 Å². The highest BCUT2D eigenvalue weighted by atomic mass is 28.4. The van der Waals surface area contributed by atoms with Crippen molar-refractivity contribution in [2.45, 2.75) is 149 Å². The molecule has 1 aliphatic carbocycles. The minimum atomic E-state index is -1.73. The van der Waals surface area contributed by atoms with Gasteiger partial charge < -0.3 is 8.85 Å². The monoisotopic (exact) mass is 508 g/mol. The summed E-state index contributed by atoms with van der Waals surface area (Å²) in [5.74, 6) is 1.17. The first-order valence-electron chi connectivity index (χ1n) is 14.3. The second kappa shape index (κ2) is 14.0. The highest BCUT2D eigenvalue weighted by molar-refractivity contribution is 6.74. The van der Waals surface area contributed by atoms with E-state index >= 15 is 0 Å². The van der Waals surface area contributed by atoms with Crippen molar-refractivity contribution in [2.24, 2.45) is 11.8 Å². The summed E-state index contributed by atoms with van der Waals surface area (Å²) in [6, 6.07) is 0. The van der Waals surface area contributed by atoms with Crippen molar-refractivity contribution >= 4 is 16.6 Å². The minimum absolute atomic E-state index is 0.273. The lowest BCUT2D eigenvalue weighted by molar-refractivity contribution is 0.105. The summed E-state index contributed by atoms with van der Waals surface area (Å²) in [4.78, 5) is 0. The van der Waals surface area contributed by atoms with E-state index < -0.39 is 16.6 Å². The van der Waals surface area contributed by atoms with E-state index in [1.54, 1.807) is 0 Å². The summed E-state index contributed by atoms with van der Waals surface area (Å²) >= 11 is 0. The van der Waals surface area contributed by atoms with Crippen molar-refractivity contribution in [3.63, 3.8) is 0 Å². The molecule has 0 heterocycles. The molecule has 200 valence electrons. The van der Waals surface area contributed by atoms with E-state index in [2.05, 4.69) is 99.0 Å². The summed E-state index contributed by atoms with van der Waals surface area (Å²) in [6.07, 6.45) is 21.5. The first-order valence-corrected chi connectivity index (χ1v) is 20.1. The van der Waals surface area contributed by atoms with Crippen molar-refractivity contribution in [3.8, 4) is 0 Å². The van der Waals surface area contributed by atoms with Gasteiger partial charge in [-0.2, -0.15) is 0 Å². The minimum Gasteiger partial charge on any atom is -0.417 e. The summed E-state index contributed by atoms with van der Waals surface area (Å²) in [5, 5.41) is 0.597. The molecular weight excluding hydrogens is 449 g/mol. The van der Waals surface area contributed by atoms with Gasteiger partial charge in [-0.25, -0.2) is 0 Å². The van der Waals surface area contributed by atoms with Gasteiger partial charge in [-0.1, -0.05) is 98.5 Å². The molecule has 4 heteroatoms. The SMILES string of the molecule is CC[C@H](O[Si](C)(C)C(C)(C)C)[C@@H]1CC=C[C@H]1/C=C\CCCCCCCCO[Si](C)(C)C(C)(C)C. The van der Waals surface area contributed by atoms with Crippen molar-refractivity contribution in [3.05, 3.63) is 24.3 Å². The fraction of sp³-hybridized carbons (Fsp3) is 0.867. The molecule has 0 saturated carbocycles. The lowest BCUT2D eigenvalue weighted by Crippen LogP contribution is -2.46. The summed E-state index contributed by atoms with van der Waals surface area (Å²) in [5.41, 5.74) is 0. The van der Waals surface area contributed by atoms with Crippen molar-refractivity contribution < 1.29 is 8.85 Å². The third-order valence-electron chi connectivity index (χ3n) is 8.79. The quantitative estimate of drug-likeness (QED) is 0.124. The molecule has 0 N–H and O–H groups in total. The van der Waals surface area contributed by atoms with Gasteiger partial charge in [0.05, 0.1) is 0 Å². The van der Waals surface area contributed by atoms with Gasteiger partial charge in [0.2, 0.25) is 0 Å². The molecule has 0 aromatic carbocycles. The maximum atomic E-state index is 6.86. The zero-order chi connectivity index (χ0) is 26.0. The third kappa shape index (κ3) is 10.4. The normalized spacial score (nSPS) is 21.0. The molecule has 0 aromatic heterocycles. The molecule has 0 aromatic rings. The Balaban J connectivity index is 2.26. The maximum Gasteiger partial charge on any atom is 0.192 e. The standard InChI is InChI=1S/C30H60O2Si2/c1-12-28(32-34(10,11)30(5,6)7)27-24-21-23-26(27)22-19-17-15-13-14-16-18-20-25-31-33(8,9)29(2,3)4/h19,21-23,26-28H,12-18,20,24-25H2,1-11H3/b22-19-/t26-,27-,28+/m1/s1. The first kappa shape index (κ1) is 31.9. The Labute approximate surface area is 216 Å². The van der Waals surface area contributed by atoms with Gasteiger partial charge in [-0.05, 0) is 74.3 Å². The Hall–Kier alpha value is -0.166. The van der Waals surface area contributed by atoms with E-state index in [1.807, 2.05) is 0 Å². The van der Waals surface area contributed by atoms with E-state index in [0.29, 0.717) is 23.0 Å². The fourth-order valence-corrected chi connectivity index (χ4v) is 6.74. The van der Waals surface area contributed by atoms with E-state index in [-0.39, 0.29) is 5.04 Å². The van der Waals surface area contributed by atoms with Crippen LogP contribution in [0.2, 0.25) is 36.3 Å². The first-order chi connectivity index (χ1) is 15.6. The summed E-state index contributed by atoms with van der Waals surface area (Å²) in [6.45, 7) is 26.8. The smallest absolute Gasteiger partial charge is 0.192 e. The molecule has 2 nitrogen and oxygen atoms in total. The molecule has 0 amide bonds. The van der Waals surface area contributed by atoms with Gasteiger partial charge in [-0.15, -0.1) is 0 Å². The number of rotatable bonds is 15. The Morgan fingerprint density at radius 1 is 0.853 bits per heavy atom.